The van der Waals surface area contributed by atoms with Crippen molar-refractivity contribution in [3.8, 4) is 5.75 Å². The molecule has 1 fully saturated rings. The van der Waals surface area contributed by atoms with E-state index in [1.807, 2.05) is 30.3 Å². The Kier molecular flexibility index (Phi) is 8.50. The number of ether oxygens (including phenoxy) is 1. The third kappa shape index (κ3) is 7.66. The summed E-state index contributed by atoms with van der Waals surface area (Å²) < 4.78 is 48.4. The molecule has 8 heteroatoms. The van der Waals surface area contributed by atoms with E-state index in [1.54, 1.807) is 6.07 Å². The number of benzene rings is 2. The second-order valence-corrected chi connectivity index (χ2v) is 15.6. The van der Waals surface area contributed by atoms with Crippen LogP contribution in [0.1, 0.15) is 44.7 Å². The SMILES string of the molecule is CC(C)(C)[Si](C)(C)OC[C@H]1CC[C@@H](C(=O)Cc2cccc(OC(F)(F)F)c2)N1Cc1ccccc1. The van der Waals surface area contributed by atoms with Crippen LogP contribution >= 0.6 is 0 Å². The van der Waals surface area contributed by atoms with Crippen molar-refractivity contribution >= 4 is 14.1 Å². The van der Waals surface area contributed by atoms with Gasteiger partial charge in [0.2, 0.25) is 0 Å². The molecule has 0 bridgehead atoms. The van der Waals surface area contributed by atoms with E-state index in [-0.39, 0.29) is 35.1 Å². The fraction of sp³-hybridized carbons (Fsp3) is 0.519. The molecule has 0 spiro atoms. The number of hydrogen-bond donors (Lipinski definition) is 0. The highest BCUT2D eigenvalue weighted by Gasteiger charge is 2.41. The lowest BCUT2D eigenvalue weighted by Crippen LogP contribution is -2.47. The quantitative estimate of drug-likeness (QED) is 0.352. The lowest BCUT2D eigenvalue weighted by atomic mass is 10.0. The van der Waals surface area contributed by atoms with Crippen molar-refractivity contribution in [1.29, 1.82) is 0 Å². The van der Waals surface area contributed by atoms with Crippen LogP contribution < -0.4 is 4.74 Å². The first-order valence-corrected chi connectivity index (χ1v) is 15.0. The van der Waals surface area contributed by atoms with Gasteiger partial charge >= 0.3 is 6.36 Å². The van der Waals surface area contributed by atoms with Crippen LogP contribution in [0.3, 0.4) is 0 Å². The Balaban J connectivity index is 1.75. The minimum Gasteiger partial charge on any atom is -0.415 e. The van der Waals surface area contributed by atoms with Gasteiger partial charge in [-0.05, 0) is 54.2 Å². The number of rotatable bonds is 9. The summed E-state index contributed by atoms with van der Waals surface area (Å²) in [7, 11) is -1.95. The van der Waals surface area contributed by atoms with Crippen LogP contribution in [0.4, 0.5) is 13.2 Å². The largest absolute Gasteiger partial charge is 0.573 e. The molecular formula is C27H36F3NO3Si. The Morgan fingerprint density at radius 3 is 2.29 bits per heavy atom. The molecule has 0 N–H and O–H groups in total. The van der Waals surface area contributed by atoms with Crippen LogP contribution in [-0.4, -0.2) is 44.1 Å². The molecule has 1 aliphatic rings. The topological polar surface area (TPSA) is 38.8 Å². The van der Waals surface area contributed by atoms with Crippen LogP contribution in [0.2, 0.25) is 18.1 Å². The molecule has 4 nitrogen and oxygen atoms in total. The molecule has 0 radical (unpaired) electrons. The monoisotopic (exact) mass is 507 g/mol. The predicted molar refractivity (Wildman–Crippen MR) is 134 cm³/mol. The number of ketones is 1. The third-order valence-electron chi connectivity index (χ3n) is 7.18. The number of carbonyl (C=O) groups excluding carboxylic acids is 1. The second-order valence-electron chi connectivity index (χ2n) is 10.8. The highest BCUT2D eigenvalue weighted by Crippen LogP contribution is 2.38. The highest BCUT2D eigenvalue weighted by atomic mass is 28.4. The molecular weight excluding hydrogens is 471 g/mol. The van der Waals surface area contributed by atoms with Gasteiger partial charge in [-0.15, -0.1) is 13.2 Å². The minimum atomic E-state index is -4.77. The number of likely N-dealkylation sites (tertiary alicyclic amines) is 1. The molecule has 1 aliphatic heterocycles. The van der Waals surface area contributed by atoms with E-state index in [2.05, 4.69) is 43.5 Å². The van der Waals surface area contributed by atoms with Crippen molar-refractivity contribution in [1.82, 2.24) is 4.90 Å². The third-order valence-corrected chi connectivity index (χ3v) is 11.7. The summed E-state index contributed by atoms with van der Waals surface area (Å²) in [5, 5.41) is 0.0919. The van der Waals surface area contributed by atoms with Crippen molar-refractivity contribution in [3.05, 3.63) is 65.7 Å². The fourth-order valence-corrected chi connectivity index (χ4v) is 5.23. The summed E-state index contributed by atoms with van der Waals surface area (Å²) >= 11 is 0. The van der Waals surface area contributed by atoms with Gasteiger partial charge in [-0.25, -0.2) is 0 Å². The lowest BCUT2D eigenvalue weighted by molar-refractivity contribution is -0.274. The van der Waals surface area contributed by atoms with E-state index >= 15 is 0 Å². The second kappa shape index (κ2) is 10.8. The van der Waals surface area contributed by atoms with E-state index in [0.717, 1.165) is 12.0 Å². The van der Waals surface area contributed by atoms with E-state index < -0.39 is 14.7 Å². The van der Waals surface area contributed by atoms with E-state index in [1.165, 1.54) is 18.2 Å². The van der Waals surface area contributed by atoms with Gasteiger partial charge in [-0.1, -0.05) is 63.2 Å². The molecule has 0 aliphatic carbocycles. The molecule has 0 aromatic heterocycles. The van der Waals surface area contributed by atoms with Gasteiger partial charge < -0.3 is 9.16 Å². The maximum Gasteiger partial charge on any atom is 0.573 e. The zero-order valence-electron chi connectivity index (χ0n) is 21.2. The number of halogens is 3. The van der Waals surface area contributed by atoms with Gasteiger partial charge in [-0.2, -0.15) is 0 Å². The molecule has 3 rings (SSSR count). The van der Waals surface area contributed by atoms with Crippen LogP contribution in [0.15, 0.2) is 54.6 Å². The van der Waals surface area contributed by atoms with Gasteiger partial charge in [0.1, 0.15) is 5.75 Å². The number of carbonyl (C=O) groups is 1. The standard InChI is InChI=1S/C27H36F3NO3Si/c1-26(2,3)35(4,5)33-19-22-14-15-24(31(22)18-20-10-7-6-8-11-20)25(32)17-21-12-9-13-23(16-21)34-27(28,29)30/h6-13,16,22,24H,14-15,17-19H2,1-5H3/t22-,24+/m1/s1. The van der Waals surface area contributed by atoms with E-state index in [4.69, 9.17) is 4.43 Å². The molecule has 2 aromatic carbocycles. The van der Waals surface area contributed by atoms with Gasteiger partial charge in [0, 0.05) is 25.6 Å². The smallest absolute Gasteiger partial charge is 0.415 e. The lowest BCUT2D eigenvalue weighted by Gasteiger charge is -2.38. The summed E-state index contributed by atoms with van der Waals surface area (Å²) in [5.74, 6) is -0.309. The van der Waals surface area contributed by atoms with Gasteiger partial charge in [0.15, 0.2) is 14.1 Å². The Bertz CT molecular complexity index is 989. The molecule has 0 unspecified atom stereocenters. The first-order chi connectivity index (χ1) is 16.2. The molecule has 192 valence electrons. The molecule has 0 saturated carbocycles. The Morgan fingerprint density at radius 1 is 1.00 bits per heavy atom. The number of nitrogens with zero attached hydrogens (tertiary/aromatic N) is 1. The fourth-order valence-electron chi connectivity index (χ4n) is 4.19. The highest BCUT2D eigenvalue weighted by molar-refractivity contribution is 6.74. The van der Waals surface area contributed by atoms with Crippen LogP contribution in [-0.2, 0) is 22.2 Å². The summed E-state index contributed by atoms with van der Waals surface area (Å²) in [5.41, 5.74) is 1.63. The molecule has 1 heterocycles. The Labute approximate surface area is 207 Å². The Morgan fingerprint density at radius 2 is 1.66 bits per heavy atom. The van der Waals surface area contributed by atoms with Gasteiger partial charge in [-0.3, -0.25) is 9.69 Å². The van der Waals surface area contributed by atoms with Crippen molar-refractivity contribution in [2.45, 2.75) is 83.2 Å². The van der Waals surface area contributed by atoms with Crippen LogP contribution in [0, 0.1) is 0 Å². The predicted octanol–water partition coefficient (Wildman–Crippen LogP) is 6.75. The van der Waals surface area contributed by atoms with Crippen molar-refractivity contribution in [3.63, 3.8) is 0 Å². The van der Waals surface area contributed by atoms with Crippen LogP contribution in [0.5, 0.6) is 5.75 Å². The maximum absolute atomic E-state index is 13.4. The zero-order chi connectivity index (χ0) is 25.9. The minimum absolute atomic E-state index is 0.0000775. The van der Waals surface area contributed by atoms with Crippen LogP contribution in [0.25, 0.3) is 0 Å². The Hall–Kier alpha value is -2.16. The summed E-state index contributed by atoms with van der Waals surface area (Å²) in [6.45, 7) is 12.3. The summed E-state index contributed by atoms with van der Waals surface area (Å²) in [4.78, 5) is 15.6. The van der Waals surface area contributed by atoms with E-state index in [9.17, 15) is 18.0 Å². The first-order valence-electron chi connectivity index (χ1n) is 12.1. The molecule has 2 aromatic rings. The van der Waals surface area contributed by atoms with Crippen molar-refractivity contribution in [2.24, 2.45) is 0 Å². The summed E-state index contributed by atoms with van der Waals surface area (Å²) in [6, 6.07) is 15.5. The number of hydrogen-bond acceptors (Lipinski definition) is 4. The first kappa shape index (κ1) is 27.4. The van der Waals surface area contributed by atoms with E-state index in [0.29, 0.717) is 25.1 Å². The number of alkyl halides is 3. The zero-order valence-corrected chi connectivity index (χ0v) is 22.2. The van der Waals surface area contributed by atoms with Crippen molar-refractivity contribution in [2.75, 3.05) is 6.61 Å². The molecule has 1 saturated heterocycles. The van der Waals surface area contributed by atoms with Gasteiger partial charge in [0.05, 0.1) is 6.04 Å². The normalized spacial score (nSPS) is 19.7. The number of Topliss-reactive ketones (excluding diaryl/α,β-unsaturated/α-hetero) is 1. The molecule has 0 amide bonds. The van der Waals surface area contributed by atoms with Crippen molar-refractivity contribution < 1.29 is 27.1 Å². The van der Waals surface area contributed by atoms with Gasteiger partial charge in [0.25, 0.3) is 0 Å². The average molecular weight is 508 g/mol. The summed E-state index contributed by atoms with van der Waals surface area (Å²) in [6.07, 6.45) is -3.16. The average Bonchev–Trinajstić information content (AvgIpc) is 3.14. The maximum atomic E-state index is 13.4. The molecule has 2 atom stereocenters. The molecule has 35 heavy (non-hydrogen) atoms.